The van der Waals surface area contributed by atoms with E-state index in [0.29, 0.717) is 11.1 Å². The molecule has 0 heterocycles. The number of nitro benzene ring substituents is 1. The van der Waals surface area contributed by atoms with Crippen LogP contribution in [0.3, 0.4) is 0 Å². The van der Waals surface area contributed by atoms with Crippen molar-refractivity contribution >= 4 is 16.8 Å². The number of nitrogens with zero attached hydrogens (tertiary/aromatic N) is 2. The fraction of sp³-hybridized carbons (Fsp3) is 0. The van der Waals surface area contributed by atoms with Gasteiger partial charge >= 0.3 is 0 Å². The van der Waals surface area contributed by atoms with Crippen LogP contribution < -0.4 is 0 Å². The van der Waals surface area contributed by atoms with E-state index >= 15 is 0 Å². The Balaban J connectivity index is 1.96. The van der Waals surface area contributed by atoms with Gasteiger partial charge < -0.3 is 0 Å². The summed E-state index contributed by atoms with van der Waals surface area (Å²) < 4.78 is 0. The van der Waals surface area contributed by atoms with Crippen LogP contribution in [0.25, 0.3) is 11.1 Å². The molecule has 1 aliphatic rings. The standard InChI is InChI=1S/C21H14N2O2/c22-15-21(19-11-13-20(14-12-19)23(24)25)18-8-4-7-17(9-10-18)16-5-2-1-3-6-16/h1-14H/b21-18-. The lowest BCUT2D eigenvalue weighted by molar-refractivity contribution is -0.384. The Morgan fingerprint density at radius 2 is 1.68 bits per heavy atom. The average molecular weight is 326 g/mol. The minimum Gasteiger partial charge on any atom is -0.258 e. The predicted molar refractivity (Wildman–Crippen MR) is 98.3 cm³/mol. The van der Waals surface area contributed by atoms with E-state index in [1.165, 1.54) is 12.1 Å². The van der Waals surface area contributed by atoms with Crippen LogP contribution in [0, 0.1) is 21.4 Å². The predicted octanol–water partition coefficient (Wildman–Crippen LogP) is 5.08. The molecule has 1 aliphatic carbocycles. The Bertz CT molecular complexity index is 957. The van der Waals surface area contributed by atoms with Crippen LogP contribution in [0.2, 0.25) is 0 Å². The van der Waals surface area contributed by atoms with E-state index in [4.69, 9.17) is 0 Å². The van der Waals surface area contributed by atoms with E-state index in [1.807, 2.05) is 60.7 Å². The second kappa shape index (κ2) is 7.24. The zero-order chi connectivity index (χ0) is 17.6. The molecule has 120 valence electrons. The molecule has 25 heavy (non-hydrogen) atoms. The fourth-order valence-electron chi connectivity index (χ4n) is 2.58. The van der Waals surface area contributed by atoms with E-state index < -0.39 is 4.92 Å². The molecule has 4 heteroatoms. The van der Waals surface area contributed by atoms with E-state index in [2.05, 4.69) is 6.07 Å². The lowest BCUT2D eigenvalue weighted by Crippen LogP contribution is -1.90. The van der Waals surface area contributed by atoms with Gasteiger partial charge in [0, 0.05) is 12.1 Å². The van der Waals surface area contributed by atoms with E-state index in [-0.39, 0.29) is 5.69 Å². The minimum absolute atomic E-state index is 0.00557. The van der Waals surface area contributed by atoms with Crippen molar-refractivity contribution in [3.05, 3.63) is 112 Å². The van der Waals surface area contributed by atoms with Crippen LogP contribution in [-0.2, 0) is 0 Å². The molecule has 0 saturated carbocycles. The molecule has 0 atom stereocenters. The van der Waals surface area contributed by atoms with Gasteiger partial charge in [-0.3, -0.25) is 10.1 Å². The van der Waals surface area contributed by atoms with Gasteiger partial charge in [0.2, 0.25) is 0 Å². The molecule has 0 saturated heterocycles. The van der Waals surface area contributed by atoms with Crippen LogP contribution in [0.15, 0.2) is 90.6 Å². The van der Waals surface area contributed by atoms with Crippen molar-refractivity contribution in [3.63, 3.8) is 0 Å². The zero-order valence-electron chi connectivity index (χ0n) is 13.3. The number of non-ortho nitro benzene ring substituents is 1. The monoisotopic (exact) mass is 326 g/mol. The quantitative estimate of drug-likeness (QED) is 0.448. The molecule has 0 amide bonds. The van der Waals surface area contributed by atoms with E-state index in [1.54, 1.807) is 12.1 Å². The van der Waals surface area contributed by atoms with Crippen molar-refractivity contribution in [2.24, 2.45) is 0 Å². The molecule has 4 nitrogen and oxygen atoms in total. The van der Waals surface area contributed by atoms with E-state index in [0.717, 1.165) is 16.7 Å². The first-order valence-corrected chi connectivity index (χ1v) is 7.70. The van der Waals surface area contributed by atoms with Crippen molar-refractivity contribution < 1.29 is 4.92 Å². The number of nitriles is 1. The summed E-state index contributed by atoms with van der Waals surface area (Å²) >= 11 is 0. The van der Waals surface area contributed by atoms with Crippen molar-refractivity contribution in [1.29, 1.82) is 5.26 Å². The number of hydrogen-bond donors (Lipinski definition) is 0. The first-order chi connectivity index (χ1) is 12.2. The van der Waals surface area contributed by atoms with Crippen LogP contribution in [0.4, 0.5) is 5.69 Å². The topological polar surface area (TPSA) is 66.9 Å². The third kappa shape index (κ3) is 3.62. The van der Waals surface area contributed by atoms with Gasteiger partial charge in [0.05, 0.1) is 10.5 Å². The molecule has 0 aromatic heterocycles. The Kier molecular flexibility index (Phi) is 4.68. The summed E-state index contributed by atoms with van der Waals surface area (Å²) in [6.07, 6.45) is 9.62. The summed E-state index contributed by atoms with van der Waals surface area (Å²) in [5.41, 5.74) is 4.04. The van der Waals surface area contributed by atoms with Crippen molar-refractivity contribution in [2.45, 2.75) is 0 Å². The third-order valence-corrected chi connectivity index (χ3v) is 3.87. The highest BCUT2D eigenvalue weighted by Gasteiger charge is 2.10. The van der Waals surface area contributed by atoms with E-state index in [9.17, 15) is 15.4 Å². The van der Waals surface area contributed by atoms with Crippen molar-refractivity contribution in [3.8, 4) is 6.07 Å². The summed E-state index contributed by atoms with van der Waals surface area (Å²) in [5, 5.41) is 20.3. The minimum atomic E-state index is -0.454. The van der Waals surface area contributed by atoms with Crippen molar-refractivity contribution in [1.82, 2.24) is 0 Å². The van der Waals surface area contributed by atoms with Crippen LogP contribution in [0.5, 0.6) is 0 Å². The number of hydrogen-bond acceptors (Lipinski definition) is 3. The van der Waals surface area contributed by atoms with Crippen LogP contribution in [-0.4, -0.2) is 4.92 Å². The first kappa shape index (κ1) is 16.2. The lowest BCUT2D eigenvalue weighted by Gasteiger charge is -2.03. The molecule has 0 aliphatic heterocycles. The number of rotatable bonds is 3. The largest absolute Gasteiger partial charge is 0.269 e. The maximum Gasteiger partial charge on any atom is 0.269 e. The molecular weight excluding hydrogens is 312 g/mol. The van der Waals surface area contributed by atoms with Gasteiger partial charge in [-0.25, -0.2) is 0 Å². The highest BCUT2D eigenvalue weighted by molar-refractivity contribution is 5.86. The van der Waals surface area contributed by atoms with Gasteiger partial charge in [-0.2, -0.15) is 5.26 Å². The molecule has 3 rings (SSSR count). The summed E-state index contributed by atoms with van der Waals surface area (Å²) in [6.45, 7) is 0. The molecule has 2 aromatic carbocycles. The zero-order valence-corrected chi connectivity index (χ0v) is 13.3. The normalized spacial score (nSPS) is 15.1. The average Bonchev–Trinajstić information content (AvgIpc) is 2.90. The smallest absolute Gasteiger partial charge is 0.258 e. The number of benzene rings is 2. The SMILES string of the molecule is N#C/C(=C1\C=CC=C(c2ccccc2)C=C1)c1ccc([N+](=O)[O-])cc1. The maximum atomic E-state index is 10.8. The highest BCUT2D eigenvalue weighted by Crippen LogP contribution is 2.26. The van der Waals surface area contributed by atoms with Gasteiger partial charge in [-0.15, -0.1) is 0 Å². The summed E-state index contributed by atoms with van der Waals surface area (Å²) in [4.78, 5) is 10.3. The fourth-order valence-corrected chi connectivity index (χ4v) is 2.58. The molecule has 0 N–H and O–H groups in total. The Hall–Kier alpha value is -3.71. The highest BCUT2D eigenvalue weighted by atomic mass is 16.6. The third-order valence-electron chi connectivity index (χ3n) is 3.87. The summed E-state index contributed by atoms with van der Waals surface area (Å²) in [5.74, 6) is 0. The Labute approximate surface area is 145 Å². The van der Waals surface area contributed by atoms with Gasteiger partial charge in [0.1, 0.15) is 6.07 Å². The molecule has 0 radical (unpaired) electrons. The molecule has 0 spiro atoms. The van der Waals surface area contributed by atoms with Crippen LogP contribution in [0.1, 0.15) is 11.1 Å². The summed E-state index contributed by atoms with van der Waals surface area (Å²) in [7, 11) is 0. The second-order valence-corrected chi connectivity index (χ2v) is 5.43. The number of nitro groups is 1. The molecule has 0 fully saturated rings. The van der Waals surface area contributed by atoms with Gasteiger partial charge in [0.25, 0.3) is 5.69 Å². The van der Waals surface area contributed by atoms with Crippen molar-refractivity contribution in [2.75, 3.05) is 0 Å². The summed E-state index contributed by atoms with van der Waals surface area (Å²) in [6, 6.07) is 18.2. The molecule has 0 unspecified atom stereocenters. The van der Waals surface area contributed by atoms with Gasteiger partial charge in [-0.05, 0) is 34.4 Å². The number of allylic oxidation sites excluding steroid dienone is 8. The molecular formula is C21H14N2O2. The lowest BCUT2D eigenvalue weighted by atomic mass is 9.99. The Morgan fingerprint density at radius 3 is 2.32 bits per heavy atom. The van der Waals surface area contributed by atoms with Crippen LogP contribution >= 0.6 is 0 Å². The van der Waals surface area contributed by atoms with Gasteiger partial charge in [-0.1, -0.05) is 60.7 Å². The molecule has 0 bridgehead atoms. The Morgan fingerprint density at radius 1 is 0.960 bits per heavy atom. The maximum absolute atomic E-state index is 10.8. The van der Waals surface area contributed by atoms with Gasteiger partial charge in [0.15, 0.2) is 0 Å². The second-order valence-electron chi connectivity index (χ2n) is 5.43. The molecule has 2 aromatic rings. The first-order valence-electron chi connectivity index (χ1n) is 7.70.